The molecule has 0 bridgehead atoms. The van der Waals surface area contributed by atoms with Crippen molar-refractivity contribution in [1.29, 1.82) is 0 Å². The van der Waals surface area contributed by atoms with Crippen LogP contribution in [-0.4, -0.2) is 36.3 Å². The van der Waals surface area contributed by atoms with Crippen molar-refractivity contribution in [1.82, 2.24) is 10.2 Å². The second-order valence-electron chi connectivity index (χ2n) is 9.91. The zero-order chi connectivity index (χ0) is 23.3. The molecule has 0 spiro atoms. The third kappa shape index (κ3) is 5.47. The van der Waals surface area contributed by atoms with Gasteiger partial charge in [-0.15, -0.1) is 0 Å². The maximum Gasteiger partial charge on any atom is 0.230 e. The van der Waals surface area contributed by atoms with Crippen molar-refractivity contribution < 1.29 is 9.59 Å². The van der Waals surface area contributed by atoms with Gasteiger partial charge < -0.3 is 10.6 Å². The van der Waals surface area contributed by atoms with E-state index in [1.54, 1.807) is 0 Å². The smallest absolute Gasteiger partial charge is 0.230 e. The highest BCUT2D eigenvalue weighted by atomic mass is 16.2. The minimum atomic E-state index is -0.465. The van der Waals surface area contributed by atoms with Gasteiger partial charge in [-0.1, -0.05) is 69.5 Å². The van der Waals surface area contributed by atoms with Gasteiger partial charge in [-0.05, 0) is 48.1 Å². The average Bonchev–Trinajstić information content (AvgIpc) is 2.84. The van der Waals surface area contributed by atoms with E-state index in [1.165, 1.54) is 17.5 Å². The molecule has 2 aromatic carbocycles. The van der Waals surface area contributed by atoms with Gasteiger partial charge in [-0.25, -0.2) is 0 Å². The van der Waals surface area contributed by atoms with E-state index in [9.17, 15) is 9.59 Å². The molecular weight excluding hydrogens is 410 g/mol. The third-order valence-corrected chi connectivity index (χ3v) is 7.29. The van der Waals surface area contributed by atoms with Gasteiger partial charge in [0.25, 0.3) is 0 Å². The molecule has 5 nitrogen and oxygen atoms in total. The van der Waals surface area contributed by atoms with Crippen molar-refractivity contribution >= 4 is 17.5 Å². The minimum absolute atomic E-state index is 0.00760. The summed E-state index contributed by atoms with van der Waals surface area (Å²) in [5.41, 5.74) is 4.24. The summed E-state index contributed by atoms with van der Waals surface area (Å²) in [5, 5.41) is 6.22. The normalized spacial score (nSPS) is 17.9. The summed E-state index contributed by atoms with van der Waals surface area (Å²) in [6, 6.07) is 16.6. The first kappa shape index (κ1) is 23.5. The van der Waals surface area contributed by atoms with Crippen LogP contribution in [0.4, 0.5) is 5.69 Å². The lowest BCUT2D eigenvalue weighted by atomic mass is 9.68. The van der Waals surface area contributed by atoms with Gasteiger partial charge in [0.15, 0.2) is 0 Å². The van der Waals surface area contributed by atoms with Crippen LogP contribution in [0.2, 0.25) is 0 Å². The molecule has 2 aliphatic rings. The van der Waals surface area contributed by atoms with Crippen LogP contribution in [0.15, 0.2) is 48.5 Å². The Balaban J connectivity index is 1.38. The predicted molar refractivity (Wildman–Crippen MR) is 133 cm³/mol. The molecule has 4 rings (SSSR count). The van der Waals surface area contributed by atoms with E-state index in [4.69, 9.17) is 0 Å². The molecule has 0 aromatic heterocycles. The van der Waals surface area contributed by atoms with Gasteiger partial charge in [0.2, 0.25) is 11.8 Å². The first-order valence-electron chi connectivity index (χ1n) is 12.5. The van der Waals surface area contributed by atoms with Gasteiger partial charge >= 0.3 is 0 Å². The van der Waals surface area contributed by atoms with E-state index in [0.717, 1.165) is 63.0 Å². The molecule has 2 N–H and O–H groups in total. The number of anilines is 1. The summed E-state index contributed by atoms with van der Waals surface area (Å²) in [6.07, 6.45) is 6.17. The Kier molecular flexibility index (Phi) is 7.49. The Morgan fingerprint density at radius 3 is 2.36 bits per heavy atom. The van der Waals surface area contributed by atoms with Crippen LogP contribution < -0.4 is 10.6 Å². The Bertz CT molecular complexity index is 961. The Morgan fingerprint density at radius 1 is 0.970 bits per heavy atom. The Morgan fingerprint density at radius 2 is 1.67 bits per heavy atom. The number of carbonyl (C=O) groups is 2. The minimum Gasteiger partial charge on any atom is -0.354 e. The monoisotopic (exact) mass is 447 g/mol. The number of benzene rings is 2. The zero-order valence-corrected chi connectivity index (χ0v) is 20.0. The molecule has 2 aromatic rings. The summed E-state index contributed by atoms with van der Waals surface area (Å²) >= 11 is 0. The molecular formula is C28H37N3O2. The van der Waals surface area contributed by atoms with E-state index in [2.05, 4.69) is 39.8 Å². The van der Waals surface area contributed by atoms with Crippen molar-refractivity contribution in [3.63, 3.8) is 0 Å². The lowest BCUT2D eigenvalue weighted by molar-refractivity contribution is -0.128. The molecule has 0 atom stereocenters. The molecule has 1 saturated carbocycles. The average molecular weight is 448 g/mol. The Hall–Kier alpha value is -2.66. The van der Waals surface area contributed by atoms with Crippen molar-refractivity contribution in [3.05, 3.63) is 65.2 Å². The van der Waals surface area contributed by atoms with E-state index in [0.29, 0.717) is 6.54 Å². The van der Waals surface area contributed by atoms with Crippen molar-refractivity contribution in [3.8, 4) is 0 Å². The zero-order valence-electron chi connectivity index (χ0n) is 20.0. The van der Waals surface area contributed by atoms with Gasteiger partial charge in [0.05, 0.1) is 5.41 Å². The highest BCUT2D eigenvalue weighted by molar-refractivity contribution is 5.92. The molecule has 176 valence electrons. The number of hydrogen-bond acceptors (Lipinski definition) is 3. The van der Waals surface area contributed by atoms with E-state index >= 15 is 0 Å². The highest BCUT2D eigenvalue weighted by Gasteiger charge is 2.40. The topological polar surface area (TPSA) is 61.4 Å². The lowest BCUT2D eigenvalue weighted by Crippen LogP contribution is -2.48. The first-order chi connectivity index (χ1) is 16.0. The number of fused-ring (bicyclic) bond motifs is 1. The second-order valence-corrected chi connectivity index (χ2v) is 9.91. The van der Waals surface area contributed by atoms with Crippen LogP contribution in [-0.2, 0) is 28.0 Å². The van der Waals surface area contributed by atoms with Crippen molar-refractivity contribution in [2.45, 2.75) is 64.3 Å². The Labute approximate surface area is 197 Å². The number of amides is 2. The third-order valence-electron chi connectivity index (χ3n) is 7.29. The van der Waals surface area contributed by atoms with E-state index in [-0.39, 0.29) is 17.7 Å². The van der Waals surface area contributed by atoms with Crippen LogP contribution in [0.25, 0.3) is 0 Å². The van der Waals surface area contributed by atoms with Crippen LogP contribution in [0.3, 0.4) is 0 Å². The number of carbonyl (C=O) groups excluding carboxylic acids is 2. The molecule has 1 aliphatic heterocycles. The second kappa shape index (κ2) is 10.5. The largest absolute Gasteiger partial charge is 0.354 e. The van der Waals surface area contributed by atoms with Gasteiger partial charge in [0, 0.05) is 37.8 Å². The number of hydrogen-bond donors (Lipinski definition) is 2. The predicted octanol–water partition coefficient (Wildman–Crippen LogP) is 4.66. The van der Waals surface area contributed by atoms with E-state index < -0.39 is 5.41 Å². The van der Waals surface area contributed by atoms with E-state index in [1.807, 2.05) is 38.1 Å². The number of nitrogens with one attached hydrogen (secondary N) is 2. The number of nitrogens with zero attached hydrogens (tertiary/aromatic N) is 1. The maximum atomic E-state index is 13.5. The summed E-state index contributed by atoms with van der Waals surface area (Å²) in [7, 11) is 0. The molecule has 1 aliphatic carbocycles. The summed E-state index contributed by atoms with van der Waals surface area (Å²) in [5.74, 6) is 0.0975. The van der Waals surface area contributed by atoms with Crippen LogP contribution in [0.1, 0.15) is 62.6 Å². The maximum absolute atomic E-state index is 13.5. The van der Waals surface area contributed by atoms with Crippen LogP contribution in [0.5, 0.6) is 0 Å². The molecule has 0 saturated heterocycles. The van der Waals surface area contributed by atoms with Crippen molar-refractivity contribution in [2.24, 2.45) is 5.92 Å². The molecule has 0 radical (unpaired) electrons. The van der Waals surface area contributed by atoms with Crippen LogP contribution in [0, 0.1) is 5.92 Å². The van der Waals surface area contributed by atoms with Gasteiger partial charge in [0.1, 0.15) is 0 Å². The standard InChI is InChI=1S/C28H37N3O2/c1-21(2)26(32)30-25-12-10-24(11-13-25)28(15-6-3-7-16-28)27(33)29-17-19-31-18-14-22-8-4-5-9-23(22)20-31/h4-5,8-13,21H,3,6-7,14-20H2,1-2H3,(H,29,33)(H,30,32). The summed E-state index contributed by atoms with van der Waals surface area (Å²) < 4.78 is 0. The molecule has 1 fully saturated rings. The molecule has 33 heavy (non-hydrogen) atoms. The molecule has 2 amide bonds. The SMILES string of the molecule is CC(C)C(=O)Nc1ccc(C2(C(=O)NCCN3CCc4ccccc4C3)CCCCC2)cc1. The summed E-state index contributed by atoms with van der Waals surface area (Å²) in [6.45, 7) is 7.31. The fraction of sp³-hybridized carbons (Fsp3) is 0.500. The van der Waals surface area contributed by atoms with Gasteiger partial charge in [-0.2, -0.15) is 0 Å². The van der Waals surface area contributed by atoms with Gasteiger partial charge in [-0.3, -0.25) is 14.5 Å². The number of rotatable bonds is 7. The lowest BCUT2D eigenvalue weighted by Gasteiger charge is -2.37. The first-order valence-corrected chi connectivity index (χ1v) is 12.5. The fourth-order valence-electron chi connectivity index (χ4n) is 5.20. The van der Waals surface area contributed by atoms with Crippen molar-refractivity contribution in [2.75, 3.05) is 25.0 Å². The highest BCUT2D eigenvalue weighted by Crippen LogP contribution is 2.40. The molecule has 5 heteroatoms. The quantitative estimate of drug-likeness (QED) is 0.649. The molecule has 1 heterocycles. The fourth-order valence-corrected chi connectivity index (χ4v) is 5.20. The molecule has 0 unspecified atom stereocenters. The van der Waals surface area contributed by atoms with Crippen LogP contribution >= 0.6 is 0 Å². The summed E-state index contributed by atoms with van der Waals surface area (Å²) in [4.78, 5) is 28.0.